The van der Waals surface area contributed by atoms with Crippen LogP contribution < -0.4 is 0 Å². The van der Waals surface area contributed by atoms with E-state index in [9.17, 15) is 9.18 Å². The molecule has 4 nitrogen and oxygen atoms in total. The quantitative estimate of drug-likeness (QED) is 0.765. The zero-order valence-electron chi connectivity index (χ0n) is 11.1. The number of fused-ring (bicyclic) bond motifs is 1. The second-order valence-electron chi connectivity index (χ2n) is 5.64. The van der Waals surface area contributed by atoms with Gasteiger partial charge in [0.1, 0.15) is 0 Å². The van der Waals surface area contributed by atoms with Gasteiger partial charge in [-0.15, -0.1) is 0 Å². The van der Waals surface area contributed by atoms with Crippen LogP contribution in [0.4, 0.5) is 4.39 Å². The van der Waals surface area contributed by atoms with Crippen LogP contribution in [0.5, 0.6) is 0 Å². The average molecular weight is 263 g/mol. The first-order valence-electron chi connectivity index (χ1n) is 6.72. The van der Waals surface area contributed by atoms with Gasteiger partial charge < -0.3 is 9.80 Å². The van der Waals surface area contributed by atoms with Crippen LogP contribution in [0.1, 0.15) is 16.8 Å². The van der Waals surface area contributed by atoms with Crippen molar-refractivity contribution in [1.29, 1.82) is 0 Å². The molecule has 0 unspecified atom stereocenters. The number of likely N-dealkylation sites (tertiary alicyclic amines) is 2. The van der Waals surface area contributed by atoms with Crippen LogP contribution in [0.3, 0.4) is 0 Å². The minimum absolute atomic E-state index is 0.141. The van der Waals surface area contributed by atoms with E-state index in [1.165, 1.54) is 12.3 Å². The maximum Gasteiger partial charge on any atom is 0.256 e. The summed E-state index contributed by atoms with van der Waals surface area (Å²) in [6.07, 6.45) is 3.70. The van der Waals surface area contributed by atoms with Gasteiger partial charge in [-0.05, 0) is 37.9 Å². The number of aromatic nitrogens is 1. The number of carbonyl (C=O) groups is 1. The molecule has 0 saturated carbocycles. The van der Waals surface area contributed by atoms with E-state index in [0.717, 1.165) is 38.8 Å². The topological polar surface area (TPSA) is 36.4 Å². The highest BCUT2D eigenvalue weighted by molar-refractivity contribution is 5.94. The predicted octanol–water partition coefficient (Wildman–Crippen LogP) is 1.24. The number of hydrogen-bond donors (Lipinski definition) is 0. The summed E-state index contributed by atoms with van der Waals surface area (Å²) in [7, 11) is 2.11. The van der Waals surface area contributed by atoms with Crippen LogP contribution in [0.25, 0.3) is 0 Å². The molecule has 1 amide bonds. The van der Waals surface area contributed by atoms with Crippen molar-refractivity contribution < 1.29 is 9.18 Å². The Balaban J connectivity index is 1.74. The maximum absolute atomic E-state index is 13.6. The molecule has 5 heteroatoms. The number of piperidine rings is 1. The normalized spacial score (nSPS) is 27.4. The molecule has 0 aromatic carbocycles. The zero-order chi connectivity index (χ0) is 13.4. The Morgan fingerprint density at radius 2 is 2.16 bits per heavy atom. The number of nitrogens with zero attached hydrogens (tertiary/aromatic N) is 3. The van der Waals surface area contributed by atoms with Gasteiger partial charge in [-0.3, -0.25) is 9.78 Å². The van der Waals surface area contributed by atoms with Gasteiger partial charge in [-0.25, -0.2) is 4.39 Å². The molecule has 2 atom stereocenters. The summed E-state index contributed by atoms with van der Waals surface area (Å²) in [5.74, 6) is 0.383. The van der Waals surface area contributed by atoms with Gasteiger partial charge >= 0.3 is 0 Å². The first-order valence-corrected chi connectivity index (χ1v) is 6.72. The van der Waals surface area contributed by atoms with Crippen molar-refractivity contribution >= 4 is 5.91 Å². The zero-order valence-corrected chi connectivity index (χ0v) is 11.1. The number of carbonyl (C=O) groups excluding carboxylic acids is 1. The maximum atomic E-state index is 13.6. The molecule has 0 aliphatic carbocycles. The summed E-state index contributed by atoms with van der Waals surface area (Å²) >= 11 is 0. The molecule has 2 saturated heterocycles. The lowest BCUT2D eigenvalue weighted by Crippen LogP contribution is -2.37. The molecule has 2 fully saturated rings. The Morgan fingerprint density at radius 3 is 2.95 bits per heavy atom. The van der Waals surface area contributed by atoms with Crippen LogP contribution in [-0.4, -0.2) is 53.9 Å². The third-order valence-corrected chi connectivity index (χ3v) is 4.29. The molecule has 1 aromatic rings. The summed E-state index contributed by atoms with van der Waals surface area (Å²) in [5.41, 5.74) is 0.141. The molecule has 0 spiro atoms. The van der Waals surface area contributed by atoms with Crippen LogP contribution in [0.2, 0.25) is 0 Å². The summed E-state index contributed by atoms with van der Waals surface area (Å²) < 4.78 is 13.6. The minimum Gasteiger partial charge on any atom is -0.338 e. The Morgan fingerprint density at radius 1 is 1.37 bits per heavy atom. The second-order valence-corrected chi connectivity index (χ2v) is 5.64. The van der Waals surface area contributed by atoms with E-state index in [1.54, 1.807) is 4.90 Å². The van der Waals surface area contributed by atoms with Crippen molar-refractivity contribution in [2.75, 3.05) is 33.2 Å². The van der Waals surface area contributed by atoms with E-state index in [0.29, 0.717) is 11.8 Å². The van der Waals surface area contributed by atoms with E-state index in [1.807, 2.05) is 0 Å². The monoisotopic (exact) mass is 263 g/mol. The first kappa shape index (κ1) is 12.5. The molecule has 3 heterocycles. The molecule has 102 valence electrons. The number of amides is 1. The number of pyridine rings is 1. The smallest absolute Gasteiger partial charge is 0.256 e. The number of halogens is 1. The Bertz CT molecular complexity index is 493. The summed E-state index contributed by atoms with van der Waals surface area (Å²) in [4.78, 5) is 20.1. The van der Waals surface area contributed by atoms with Crippen molar-refractivity contribution in [2.45, 2.75) is 6.42 Å². The van der Waals surface area contributed by atoms with Crippen LogP contribution in [-0.2, 0) is 0 Å². The third-order valence-electron chi connectivity index (χ3n) is 4.29. The lowest BCUT2D eigenvalue weighted by molar-refractivity contribution is 0.0779. The lowest BCUT2D eigenvalue weighted by atomic mass is 9.89. The van der Waals surface area contributed by atoms with E-state index in [2.05, 4.69) is 16.9 Å². The summed E-state index contributed by atoms with van der Waals surface area (Å²) in [5, 5.41) is 0. The van der Waals surface area contributed by atoms with E-state index in [4.69, 9.17) is 0 Å². The van der Waals surface area contributed by atoms with Crippen LogP contribution >= 0.6 is 0 Å². The van der Waals surface area contributed by atoms with E-state index in [-0.39, 0.29) is 11.5 Å². The van der Waals surface area contributed by atoms with Gasteiger partial charge in [0, 0.05) is 25.8 Å². The molecular weight excluding hydrogens is 245 g/mol. The fourth-order valence-electron chi connectivity index (χ4n) is 3.24. The Labute approximate surface area is 112 Å². The average Bonchev–Trinajstić information content (AvgIpc) is 2.81. The van der Waals surface area contributed by atoms with Gasteiger partial charge in [0.25, 0.3) is 5.91 Å². The molecule has 0 bridgehead atoms. The number of hydrogen-bond acceptors (Lipinski definition) is 3. The van der Waals surface area contributed by atoms with Crippen LogP contribution in [0.15, 0.2) is 18.5 Å². The first-order chi connectivity index (χ1) is 9.15. The summed E-state index contributed by atoms with van der Waals surface area (Å²) in [6, 6.07) is 1.46. The number of rotatable bonds is 1. The van der Waals surface area contributed by atoms with Crippen molar-refractivity contribution in [3.05, 3.63) is 29.8 Å². The molecule has 0 radical (unpaired) electrons. The molecule has 1 aromatic heterocycles. The Kier molecular flexibility index (Phi) is 3.22. The van der Waals surface area contributed by atoms with Crippen LogP contribution in [0, 0.1) is 17.7 Å². The fraction of sp³-hybridized carbons (Fsp3) is 0.571. The van der Waals surface area contributed by atoms with Gasteiger partial charge in [0.05, 0.1) is 11.8 Å². The highest BCUT2D eigenvalue weighted by Crippen LogP contribution is 2.31. The molecule has 0 N–H and O–H groups in total. The molecule has 3 rings (SSSR count). The third kappa shape index (κ3) is 2.34. The standard InChI is InChI=1S/C14H18FN3O/c1-17-5-3-10-8-18(9-11(10)7-17)14(19)12-2-4-16-6-13(12)15/h2,4,6,10-11H,3,5,7-9H2,1H3/t10-,11+/m1/s1. The van der Waals surface area contributed by atoms with E-state index >= 15 is 0 Å². The molecule has 19 heavy (non-hydrogen) atoms. The second kappa shape index (κ2) is 4.89. The van der Waals surface area contributed by atoms with Gasteiger partial charge in [-0.1, -0.05) is 0 Å². The Hall–Kier alpha value is -1.49. The van der Waals surface area contributed by atoms with Gasteiger partial charge in [0.2, 0.25) is 0 Å². The minimum atomic E-state index is -0.528. The summed E-state index contributed by atoms with van der Waals surface area (Å²) in [6.45, 7) is 3.63. The molecule has 2 aliphatic heterocycles. The highest BCUT2D eigenvalue weighted by atomic mass is 19.1. The lowest BCUT2D eigenvalue weighted by Gasteiger charge is -2.31. The SMILES string of the molecule is CN1CC[C@@H]2CN(C(=O)c3ccncc3F)C[C@@H]2C1. The molecular formula is C14H18FN3O. The predicted molar refractivity (Wildman–Crippen MR) is 69.2 cm³/mol. The van der Waals surface area contributed by atoms with Crippen molar-refractivity contribution in [3.63, 3.8) is 0 Å². The van der Waals surface area contributed by atoms with Gasteiger partial charge in [0.15, 0.2) is 5.82 Å². The van der Waals surface area contributed by atoms with Gasteiger partial charge in [-0.2, -0.15) is 0 Å². The van der Waals surface area contributed by atoms with Crippen molar-refractivity contribution in [1.82, 2.24) is 14.8 Å². The largest absolute Gasteiger partial charge is 0.338 e. The highest BCUT2D eigenvalue weighted by Gasteiger charge is 2.38. The van der Waals surface area contributed by atoms with Crippen molar-refractivity contribution in [2.24, 2.45) is 11.8 Å². The van der Waals surface area contributed by atoms with E-state index < -0.39 is 5.82 Å². The fourth-order valence-corrected chi connectivity index (χ4v) is 3.24. The molecule has 2 aliphatic rings. The van der Waals surface area contributed by atoms with Crippen molar-refractivity contribution in [3.8, 4) is 0 Å².